The van der Waals surface area contributed by atoms with Gasteiger partial charge in [0.1, 0.15) is 5.82 Å². The molecule has 1 fully saturated rings. The third kappa shape index (κ3) is 2.85. The molecule has 0 unspecified atom stereocenters. The zero-order chi connectivity index (χ0) is 16.4. The fourth-order valence-corrected chi connectivity index (χ4v) is 4.42. The van der Waals surface area contributed by atoms with Crippen molar-refractivity contribution in [1.29, 1.82) is 0 Å². The fourth-order valence-electron chi connectivity index (χ4n) is 4.42. The minimum atomic E-state index is 0.669. The van der Waals surface area contributed by atoms with Gasteiger partial charge in [-0.25, -0.2) is 4.68 Å². The molecule has 0 amide bonds. The number of rotatable bonds is 3. The van der Waals surface area contributed by atoms with E-state index >= 15 is 0 Å². The summed E-state index contributed by atoms with van der Waals surface area (Å²) in [6.07, 6.45) is 11.5. The van der Waals surface area contributed by atoms with E-state index in [1.54, 1.807) is 0 Å². The molecule has 3 heteroatoms. The molecule has 24 heavy (non-hydrogen) atoms. The van der Waals surface area contributed by atoms with Gasteiger partial charge in [-0.3, -0.25) is 0 Å². The summed E-state index contributed by atoms with van der Waals surface area (Å²) in [6, 6.07) is 8.74. The van der Waals surface area contributed by atoms with Crippen molar-refractivity contribution < 1.29 is 0 Å². The zero-order valence-electron chi connectivity index (χ0n) is 14.9. The maximum Gasteiger partial charge on any atom is 0.133 e. The first-order chi connectivity index (χ1) is 11.9. The van der Waals surface area contributed by atoms with Crippen LogP contribution in [0.25, 0.3) is 5.69 Å². The fraction of sp³-hybridized carbons (Fsp3) is 0.571. The zero-order valence-corrected chi connectivity index (χ0v) is 14.9. The number of hydrogen-bond donors (Lipinski definition) is 1. The van der Waals surface area contributed by atoms with Crippen molar-refractivity contribution in [3.8, 4) is 5.69 Å². The van der Waals surface area contributed by atoms with E-state index in [9.17, 15) is 0 Å². The van der Waals surface area contributed by atoms with E-state index in [1.807, 2.05) is 0 Å². The summed E-state index contributed by atoms with van der Waals surface area (Å²) in [6.45, 7) is 3.30. The lowest BCUT2D eigenvalue weighted by Gasteiger charge is -2.20. The molecular weight excluding hydrogens is 294 g/mol. The molecule has 1 aliphatic carbocycles. The highest BCUT2D eigenvalue weighted by atomic mass is 15.3. The van der Waals surface area contributed by atoms with Crippen LogP contribution >= 0.6 is 0 Å². The summed E-state index contributed by atoms with van der Waals surface area (Å²) in [4.78, 5) is 0. The molecule has 4 rings (SSSR count). The first-order valence-corrected chi connectivity index (χ1v) is 9.82. The molecule has 1 N–H and O–H groups in total. The lowest BCUT2D eigenvalue weighted by atomic mass is 9.85. The highest BCUT2D eigenvalue weighted by Gasteiger charge is 2.27. The summed E-state index contributed by atoms with van der Waals surface area (Å²) in [5, 5.41) is 8.89. The topological polar surface area (TPSA) is 29.9 Å². The quantitative estimate of drug-likeness (QED) is 0.838. The number of anilines is 1. The molecular formula is C21H29N3. The molecule has 3 nitrogen and oxygen atoms in total. The number of hydrogen-bond acceptors (Lipinski definition) is 2. The van der Waals surface area contributed by atoms with Crippen molar-refractivity contribution in [2.75, 3.05) is 11.9 Å². The molecule has 1 saturated carbocycles. The van der Waals surface area contributed by atoms with E-state index in [1.165, 1.54) is 79.7 Å². The van der Waals surface area contributed by atoms with Gasteiger partial charge in [0.2, 0.25) is 0 Å². The van der Waals surface area contributed by atoms with Gasteiger partial charge >= 0.3 is 0 Å². The van der Waals surface area contributed by atoms with Gasteiger partial charge in [0.05, 0.1) is 11.4 Å². The van der Waals surface area contributed by atoms with Crippen LogP contribution in [0.15, 0.2) is 24.3 Å². The second kappa shape index (κ2) is 7.00. The van der Waals surface area contributed by atoms with E-state index in [0.717, 1.165) is 13.0 Å². The van der Waals surface area contributed by atoms with Crippen molar-refractivity contribution in [2.24, 2.45) is 0 Å². The van der Waals surface area contributed by atoms with Gasteiger partial charge in [0, 0.05) is 18.0 Å². The Morgan fingerprint density at radius 2 is 1.92 bits per heavy atom. The number of aryl methyl sites for hydroxylation is 1. The van der Waals surface area contributed by atoms with Crippen molar-refractivity contribution in [1.82, 2.24) is 9.78 Å². The van der Waals surface area contributed by atoms with E-state index in [4.69, 9.17) is 5.10 Å². The Kier molecular flexibility index (Phi) is 4.59. The first-order valence-electron chi connectivity index (χ1n) is 9.82. The molecule has 1 aromatic heterocycles. The van der Waals surface area contributed by atoms with Crippen LogP contribution in [-0.2, 0) is 12.8 Å². The molecule has 0 atom stereocenters. The molecule has 1 aromatic carbocycles. The average molecular weight is 323 g/mol. The van der Waals surface area contributed by atoms with Gasteiger partial charge in [-0.15, -0.1) is 0 Å². The molecule has 1 aliphatic heterocycles. The SMILES string of the molecule is CCc1ccccc1-n1nc(C2CCCCC2)c2c1NCCCC2. The predicted octanol–water partition coefficient (Wildman–Crippen LogP) is 5.23. The van der Waals surface area contributed by atoms with Gasteiger partial charge in [0.25, 0.3) is 0 Å². The Morgan fingerprint density at radius 3 is 2.75 bits per heavy atom. The van der Waals surface area contributed by atoms with E-state index in [0.29, 0.717) is 5.92 Å². The van der Waals surface area contributed by atoms with Gasteiger partial charge in [-0.1, -0.05) is 44.4 Å². The molecule has 2 aromatic rings. The van der Waals surface area contributed by atoms with Crippen LogP contribution in [0.2, 0.25) is 0 Å². The van der Waals surface area contributed by atoms with Gasteiger partial charge in [-0.2, -0.15) is 5.10 Å². The highest BCUT2D eigenvalue weighted by molar-refractivity contribution is 5.56. The van der Waals surface area contributed by atoms with Gasteiger partial charge in [-0.05, 0) is 50.2 Å². The average Bonchev–Trinajstić information content (AvgIpc) is 2.83. The van der Waals surface area contributed by atoms with Crippen LogP contribution in [0.5, 0.6) is 0 Å². The maximum atomic E-state index is 5.19. The lowest BCUT2D eigenvalue weighted by Crippen LogP contribution is -2.09. The third-order valence-corrected chi connectivity index (χ3v) is 5.75. The van der Waals surface area contributed by atoms with Crippen LogP contribution in [-0.4, -0.2) is 16.3 Å². The Hall–Kier alpha value is -1.77. The predicted molar refractivity (Wildman–Crippen MR) is 100 cm³/mol. The smallest absolute Gasteiger partial charge is 0.133 e. The van der Waals surface area contributed by atoms with Crippen molar-refractivity contribution in [3.63, 3.8) is 0 Å². The van der Waals surface area contributed by atoms with Crippen LogP contribution in [0.4, 0.5) is 5.82 Å². The summed E-state index contributed by atoms with van der Waals surface area (Å²) in [7, 11) is 0. The summed E-state index contributed by atoms with van der Waals surface area (Å²) in [5.74, 6) is 1.94. The van der Waals surface area contributed by atoms with E-state index < -0.39 is 0 Å². The van der Waals surface area contributed by atoms with Crippen LogP contribution in [0, 0.1) is 0 Å². The second-order valence-electron chi connectivity index (χ2n) is 7.33. The maximum absolute atomic E-state index is 5.19. The number of nitrogens with one attached hydrogen (secondary N) is 1. The van der Waals surface area contributed by atoms with Crippen LogP contribution in [0.1, 0.15) is 74.6 Å². The standard InChI is InChI=1S/C21H29N3/c1-2-16-10-6-7-14-19(16)24-21-18(13-8-9-15-22-21)20(23-24)17-11-4-3-5-12-17/h6-7,10,14,17,22H,2-5,8-9,11-13,15H2,1H3. The molecule has 128 valence electrons. The Bertz CT molecular complexity index is 695. The van der Waals surface area contributed by atoms with Crippen molar-refractivity contribution in [2.45, 2.75) is 70.6 Å². The normalized spacial score (nSPS) is 18.7. The number of fused-ring (bicyclic) bond motifs is 1. The van der Waals surface area contributed by atoms with Gasteiger partial charge in [0.15, 0.2) is 0 Å². The number of benzene rings is 1. The van der Waals surface area contributed by atoms with E-state index in [2.05, 4.69) is 41.2 Å². The molecule has 2 heterocycles. The molecule has 2 aliphatic rings. The Labute approximate surface area is 145 Å². The summed E-state index contributed by atoms with van der Waals surface area (Å²) >= 11 is 0. The highest BCUT2D eigenvalue weighted by Crippen LogP contribution is 2.38. The monoisotopic (exact) mass is 323 g/mol. The third-order valence-electron chi connectivity index (χ3n) is 5.75. The minimum absolute atomic E-state index is 0.669. The van der Waals surface area contributed by atoms with Gasteiger partial charge < -0.3 is 5.32 Å². The molecule has 0 bridgehead atoms. The Morgan fingerprint density at radius 1 is 1.08 bits per heavy atom. The number of para-hydroxylation sites is 1. The summed E-state index contributed by atoms with van der Waals surface area (Å²) < 4.78 is 2.23. The second-order valence-corrected chi connectivity index (χ2v) is 7.33. The van der Waals surface area contributed by atoms with E-state index in [-0.39, 0.29) is 0 Å². The summed E-state index contributed by atoms with van der Waals surface area (Å²) in [5.41, 5.74) is 5.53. The number of nitrogens with zero attached hydrogens (tertiary/aromatic N) is 2. The largest absolute Gasteiger partial charge is 0.370 e. The van der Waals surface area contributed by atoms with Crippen LogP contribution < -0.4 is 5.32 Å². The van der Waals surface area contributed by atoms with Crippen molar-refractivity contribution in [3.05, 3.63) is 41.1 Å². The van der Waals surface area contributed by atoms with Crippen LogP contribution in [0.3, 0.4) is 0 Å². The molecule has 0 spiro atoms. The first kappa shape index (κ1) is 15.7. The minimum Gasteiger partial charge on any atom is -0.370 e. The Balaban J connectivity index is 1.83. The number of aromatic nitrogens is 2. The molecule has 0 saturated heterocycles. The van der Waals surface area contributed by atoms with Crippen molar-refractivity contribution >= 4 is 5.82 Å². The molecule has 0 radical (unpaired) electrons. The lowest BCUT2D eigenvalue weighted by molar-refractivity contribution is 0.432.